The number of likely N-dealkylation sites (tertiary alicyclic amines) is 1. The van der Waals surface area contributed by atoms with Crippen LogP contribution in [0.3, 0.4) is 0 Å². The molecule has 0 unspecified atom stereocenters. The molecule has 9 heteroatoms. The summed E-state index contributed by atoms with van der Waals surface area (Å²) in [6.45, 7) is 7.84. The number of hydrogen-bond donors (Lipinski definition) is 0. The van der Waals surface area contributed by atoms with Crippen molar-refractivity contribution in [2.45, 2.75) is 52.2 Å². The van der Waals surface area contributed by atoms with Crippen molar-refractivity contribution in [2.75, 3.05) is 18.0 Å². The van der Waals surface area contributed by atoms with Crippen LogP contribution in [0.5, 0.6) is 0 Å². The van der Waals surface area contributed by atoms with Gasteiger partial charge in [0.1, 0.15) is 23.1 Å². The van der Waals surface area contributed by atoms with Crippen LogP contribution in [0, 0.1) is 22.1 Å². The Balaban J connectivity index is 1.83. The maximum atomic E-state index is 15.0. The van der Waals surface area contributed by atoms with Gasteiger partial charge < -0.3 is 9.64 Å². The summed E-state index contributed by atoms with van der Waals surface area (Å²) in [6, 6.07) is 8.44. The molecule has 2 aromatic carbocycles. The summed E-state index contributed by atoms with van der Waals surface area (Å²) in [5, 5.41) is 0.798. The second-order valence-corrected chi connectivity index (χ2v) is 11.2. The fraction of sp³-hybridized carbons (Fsp3) is 0.370. The summed E-state index contributed by atoms with van der Waals surface area (Å²) in [6.07, 6.45) is 2.14. The first kappa shape index (κ1) is 26.2. The zero-order valence-corrected chi connectivity index (χ0v) is 22.8. The van der Waals surface area contributed by atoms with Crippen LogP contribution < -0.4 is 4.90 Å². The lowest BCUT2D eigenvalue weighted by molar-refractivity contribution is 0.0196. The minimum atomic E-state index is -0.671. The van der Waals surface area contributed by atoms with E-state index in [1.54, 1.807) is 43.9 Å². The number of rotatable bonds is 3. The molecular formula is C27H28F2IN3O3. The quantitative estimate of drug-likeness (QED) is 0.320. The third-order valence-corrected chi connectivity index (χ3v) is 6.76. The van der Waals surface area contributed by atoms with E-state index >= 15 is 0 Å². The minimum absolute atomic E-state index is 0.113. The number of amides is 2. The summed E-state index contributed by atoms with van der Waals surface area (Å²) in [7, 11) is 0. The predicted octanol–water partition coefficient (Wildman–Crippen LogP) is 6.47. The number of anilines is 1. The molecule has 1 aliphatic rings. The molecule has 3 aromatic rings. The van der Waals surface area contributed by atoms with Gasteiger partial charge in [-0.3, -0.25) is 9.69 Å². The van der Waals surface area contributed by atoms with Crippen molar-refractivity contribution in [2.24, 2.45) is 0 Å². The second kappa shape index (κ2) is 10.3. The Hall–Kier alpha value is -2.82. The van der Waals surface area contributed by atoms with Crippen molar-refractivity contribution in [3.63, 3.8) is 0 Å². The molecule has 0 saturated carbocycles. The topological polar surface area (TPSA) is 62.7 Å². The third-order valence-electron chi connectivity index (χ3n) is 6.08. The van der Waals surface area contributed by atoms with Crippen molar-refractivity contribution >= 4 is 51.2 Å². The normalized spacial score (nSPS) is 16.2. The number of pyridine rings is 1. The predicted molar refractivity (Wildman–Crippen MR) is 143 cm³/mol. The third kappa shape index (κ3) is 5.45. The van der Waals surface area contributed by atoms with Gasteiger partial charge in [0.25, 0.3) is 5.91 Å². The zero-order chi connectivity index (χ0) is 26.2. The molecule has 0 aliphatic carbocycles. The van der Waals surface area contributed by atoms with Gasteiger partial charge in [0.2, 0.25) is 0 Å². The number of ether oxygens (including phenoxy) is 1. The van der Waals surface area contributed by atoms with E-state index < -0.39 is 35.3 Å². The van der Waals surface area contributed by atoms with Crippen molar-refractivity contribution in [1.29, 1.82) is 0 Å². The standard InChI is InChI=1S/C27H28F2IN3O3/c1-16-7-10-21(28)19-11-12-31-24(23(16)19)33(25(34)20-9-8-17(30)14-22(20)29)18-6-5-13-32(15-18)26(35)36-27(2,3)4/h7-12,14,18H,5-6,13,15H2,1-4H3/t18-/m1/s1. The van der Waals surface area contributed by atoms with Gasteiger partial charge >= 0.3 is 6.09 Å². The summed E-state index contributed by atoms with van der Waals surface area (Å²) in [5.41, 5.74) is -0.0526. The Labute approximate surface area is 222 Å². The van der Waals surface area contributed by atoms with E-state index in [2.05, 4.69) is 4.98 Å². The average molecular weight is 607 g/mol. The van der Waals surface area contributed by atoms with Gasteiger partial charge in [0.15, 0.2) is 0 Å². The van der Waals surface area contributed by atoms with Crippen LogP contribution in [0.25, 0.3) is 10.8 Å². The maximum absolute atomic E-state index is 15.0. The lowest BCUT2D eigenvalue weighted by atomic mass is 10.00. The number of nitrogens with zero attached hydrogens (tertiary/aromatic N) is 3. The minimum Gasteiger partial charge on any atom is -0.444 e. The molecule has 1 saturated heterocycles. The molecule has 1 aliphatic heterocycles. The Morgan fingerprint density at radius 3 is 2.58 bits per heavy atom. The average Bonchev–Trinajstić information content (AvgIpc) is 2.81. The van der Waals surface area contributed by atoms with Gasteiger partial charge in [-0.15, -0.1) is 0 Å². The van der Waals surface area contributed by atoms with Gasteiger partial charge in [-0.25, -0.2) is 18.6 Å². The van der Waals surface area contributed by atoms with Crippen LogP contribution in [-0.2, 0) is 4.74 Å². The Morgan fingerprint density at radius 2 is 1.89 bits per heavy atom. The van der Waals surface area contributed by atoms with Crippen LogP contribution in [0.1, 0.15) is 49.5 Å². The van der Waals surface area contributed by atoms with Gasteiger partial charge in [0, 0.05) is 33.6 Å². The number of fused-ring (bicyclic) bond motifs is 1. The molecule has 36 heavy (non-hydrogen) atoms. The van der Waals surface area contributed by atoms with Crippen molar-refractivity contribution in [3.8, 4) is 0 Å². The summed E-state index contributed by atoms with van der Waals surface area (Å²) in [4.78, 5) is 34.2. The van der Waals surface area contributed by atoms with Crippen molar-refractivity contribution in [3.05, 3.63) is 68.9 Å². The van der Waals surface area contributed by atoms with E-state index in [0.717, 1.165) is 5.56 Å². The number of carbonyl (C=O) groups excluding carboxylic acids is 2. The van der Waals surface area contributed by atoms with E-state index in [0.29, 0.717) is 33.7 Å². The molecule has 190 valence electrons. The first-order chi connectivity index (χ1) is 17.0. The molecular weight excluding hydrogens is 579 g/mol. The highest BCUT2D eigenvalue weighted by atomic mass is 127. The van der Waals surface area contributed by atoms with Crippen molar-refractivity contribution < 1.29 is 23.1 Å². The van der Waals surface area contributed by atoms with Crippen molar-refractivity contribution in [1.82, 2.24) is 9.88 Å². The number of piperidine rings is 1. The number of hydrogen-bond acceptors (Lipinski definition) is 4. The molecule has 6 nitrogen and oxygen atoms in total. The molecule has 4 rings (SSSR count). The lowest BCUT2D eigenvalue weighted by Crippen LogP contribution is -2.53. The van der Waals surface area contributed by atoms with E-state index in [1.807, 2.05) is 29.5 Å². The molecule has 1 fully saturated rings. The van der Waals surface area contributed by atoms with Crippen LogP contribution in [0.2, 0.25) is 0 Å². The smallest absolute Gasteiger partial charge is 0.410 e. The van der Waals surface area contributed by atoms with Gasteiger partial charge in [-0.05, 0) is 99.0 Å². The first-order valence-electron chi connectivity index (χ1n) is 11.8. The maximum Gasteiger partial charge on any atom is 0.410 e. The fourth-order valence-electron chi connectivity index (χ4n) is 4.48. The molecule has 0 radical (unpaired) electrons. The van der Waals surface area contributed by atoms with E-state index in [9.17, 15) is 18.4 Å². The summed E-state index contributed by atoms with van der Waals surface area (Å²) < 4.78 is 35.9. The number of benzene rings is 2. The first-order valence-corrected chi connectivity index (χ1v) is 12.8. The van der Waals surface area contributed by atoms with Crippen LogP contribution in [-0.4, -0.2) is 46.6 Å². The second-order valence-electron chi connectivity index (χ2n) is 9.94. The summed E-state index contributed by atoms with van der Waals surface area (Å²) in [5.74, 6) is -1.45. The molecule has 1 aromatic heterocycles. The molecule has 0 bridgehead atoms. The molecule has 2 amide bonds. The Bertz CT molecular complexity index is 1330. The Morgan fingerprint density at radius 1 is 1.14 bits per heavy atom. The highest BCUT2D eigenvalue weighted by Crippen LogP contribution is 2.34. The molecule has 0 N–H and O–H groups in total. The number of aryl methyl sites for hydroxylation is 1. The zero-order valence-electron chi connectivity index (χ0n) is 20.6. The highest BCUT2D eigenvalue weighted by Gasteiger charge is 2.36. The number of carbonyl (C=O) groups is 2. The number of aromatic nitrogens is 1. The van der Waals surface area contributed by atoms with Crippen LogP contribution >= 0.6 is 22.6 Å². The van der Waals surface area contributed by atoms with E-state index in [4.69, 9.17) is 4.74 Å². The SMILES string of the molecule is Cc1ccc(F)c2ccnc(N(C(=O)c3ccc(I)cc3F)[C@@H]3CCCN(C(=O)OC(C)(C)C)C3)c12. The Kier molecular flexibility index (Phi) is 7.49. The van der Waals surface area contributed by atoms with E-state index in [-0.39, 0.29) is 17.9 Å². The molecule has 0 spiro atoms. The van der Waals surface area contributed by atoms with Crippen LogP contribution in [0.4, 0.5) is 19.4 Å². The van der Waals surface area contributed by atoms with E-state index in [1.165, 1.54) is 29.3 Å². The summed E-state index contributed by atoms with van der Waals surface area (Å²) >= 11 is 1.98. The highest BCUT2D eigenvalue weighted by molar-refractivity contribution is 14.1. The number of halogens is 3. The molecule has 2 heterocycles. The largest absolute Gasteiger partial charge is 0.444 e. The van der Waals surface area contributed by atoms with Gasteiger partial charge in [0.05, 0.1) is 11.6 Å². The van der Waals surface area contributed by atoms with Crippen LogP contribution in [0.15, 0.2) is 42.6 Å². The monoisotopic (exact) mass is 607 g/mol. The van der Waals surface area contributed by atoms with Gasteiger partial charge in [-0.1, -0.05) is 6.07 Å². The molecule has 1 atom stereocenters. The van der Waals surface area contributed by atoms with Gasteiger partial charge in [-0.2, -0.15) is 0 Å². The lowest BCUT2D eigenvalue weighted by Gasteiger charge is -2.39. The fourth-order valence-corrected chi connectivity index (χ4v) is 4.93.